The Labute approximate surface area is 163 Å². The first-order valence-electron chi connectivity index (χ1n) is 10.4. The minimum atomic E-state index is -0.545. The number of nitrogens with zero attached hydrogens (tertiary/aromatic N) is 1. The zero-order valence-electron chi connectivity index (χ0n) is 16.7. The summed E-state index contributed by atoms with van der Waals surface area (Å²) in [6.07, 6.45) is 9.47. The van der Waals surface area contributed by atoms with Gasteiger partial charge in [0, 0.05) is 13.7 Å². The fourth-order valence-electron chi connectivity index (χ4n) is 4.27. The highest BCUT2D eigenvalue weighted by Gasteiger charge is 2.48. The molecule has 0 saturated carbocycles. The van der Waals surface area contributed by atoms with Gasteiger partial charge in [-0.15, -0.1) is 0 Å². The van der Waals surface area contributed by atoms with E-state index in [9.17, 15) is 10.0 Å². The van der Waals surface area contributed by atoms with Gasteiger partial charge in [0.15, 0.2) is 0 Å². The lowest BCUT2D eigenvalue weighted by molar-refractivity contribution is -0.172. The first-order chi connectivity index (χ1) is 12.6. The minimum absolute atomic E-state index is 0.365. The molecule has 0 aromatic heterocycles. The van der Waals surface area contributed by atoms with Gasteiger partial charge in [0.25, 0.3) is 5.91 Å². The SMILES string of the molecule is CCCCCCSCC1C2CCC(O2)C1CCOC(CC)C(=O)N(C)O. The van der Waals surface area contributed by atoms with E-state index >= 15 is 0 Å². The molecule has 1 amide bonds. The third-order valence-electron chi connectivity index (χ3n) is 5.78. The van der Waals surface area contributed by atoms with E-state index in [0.717, 1.165) is 6.42 Å². The molecule has 2 fully saturated rings. The molecule has 0 aromatic rings. The van der Waals surface area contributed by atoms with Crippen molar-refractivity contribution in [3.8, 4) is 0 Å². The van der Waals surface area contributed by atoms with Crippen LogP contribution in [0.1, 0.15) is 65.2 Å². The molecule has 5 nitrogen and oxygen atoms in total. The molecule has 0 aromatic carbocycles. The minimum Gasteiger partial charge on any atom is -0.374 e. The Kier molecular flexibility index (Phi) is 9.75. The Hall–Kier alpha value is -0.300. The van der Waals surface area contributed by atoms with Gasteiger partial charge in [0.1, 0.15) is 6.10 Å². The fourth-order valence-corrected chi connectivity index (χ4v) is 5.58. The maximum absolute atomic E-state index is 11.9. The van der Waals surface area contributed by atoms with E-state index < -0.39 is 6.10 Å². The summed E-state index contributed by atoms with van der Waals surface area (Å²) >= 11 is 2.08. The first-order valence-corrected chi connectivity index (χ1v) is 11.5. The van der Waals surface area contributed by atoms with Crippen molar-refractivity contribution in [2.24, 2.45) is 11.8 Å². The van der Waals surface area contributed by atoms with E-state index in [-0.39, 0.29) is 5.91 Å². The summed E-state index contributed by atoms with van der Waals surface area (Å²) in [4.78, 5) is 11.9. The molecular weight excluding hydrogens is 350 g/mol. The molecule has 2 aliphatic rings. The molecule has 2 aliphatic heterocycles. The Morgan fingerprint density at radius 1 is 1.23 bits per heavy atom. The Morgan fingerprint density at radius 2 is 1.96 bits per heavy atom. The largest absolute Gasteiger partial charge is 0.374 e. The number of unbranched alkanes of at least 4 members (excludes halogenated alkanes) is 3. The third-order valence-corrected chi connectivity index (χ3v) is 6.98. The number of hydroxylamine groups is 2. The highest BCUT2D eigenvalue weighted by atomic mass is 32.2. The summed E-state index contributed by atoms with van der Waals surface area (Å²) in [7, 11) is 1.35. The second-order valence-electron chi connectivity index (χ2n) is 7.67. The fraction of sp³-hybridized carbons (Fsp3) is 0.950. The number of carbonyl (C=O) groups excluding carboxylic acids is 1. The van der Waals surface area contributed by atoms with Gasteiger partial charge in [-0.25, -0.2) is 5.06 Å². The van der Waals surface area contributed by atoms with Gasteiger partial charge in [0.05, 0.1) is 12.2 Å². The van der Waals surface area contributed by atoms with Crippen LogP contribution in [0.2, 0.25) is 0 Å². The van der Waals surface area contributed by atoms with E-state index in [1.165, 1.54) is 57.1 Å². The molecule has 0 spiro atoms. The van der Waals surface area contributed by atoms with Crippen molar-refractivity contribution in [1.29, 1.82) is 0 Å². The van der Waals surface area contributed by atoms with Crippen molar-refractivity contribution < 1.29 is 19.5 Å². The van der Waals surface area contributed by atoms with Crippen molar-refractivity contribution in [1.82, 2.24) is 5.06 Å². The predicted molar refractivity (Wildman–Crippen MR) is 106 cm³/mol. The number of carbonyl (C=O) groups is 1. The molecule has 2 saturated heterocycles. The van der Waals surface area contributed by atoms with Gasteiger partial charge in [0.2, 0.25) is 0 Å². The third kappa shape index (κ3) is 6.11. The van der Waals surface area contributed by atoms with Crippen LogP contribution in [0, 0.1) is 11.8 Å². The molecule has 0 radical (unpaired) electrons. The zero-order valence-corrected chi connectivity index (χ0v) is 17.5. The molecule has 5 atom stereocenters. The normalized spacial score (nSPS) is 28.5. The van der Waals surface area contributed by atoms with Crippen LogP contribution in [-0.2, 0) is 14.3 Å². The molecule has 2 heterocycles. The summed E-state index contributed by atoms with van der Waals surface area (Å²) in [5, 5.41) is 9.95. The van der Waals surface area contributed by atoms with Gasteiger partial charge in [-0.2, -0.15) is 11.8 Å². The van der Waals surface area contributed by atoms with Crippen LogP contribution in [0.15, 0.2) is 0 Å². The lowest BCUT2D eigenvalue weighted by Gasteiger charge is -2.28. The van der Waals surface area contributed by atoms with Crippen molar-refractivity contribution in [3.05, 3.63) is 0 Å². The second kappa shape index (κ2) is 11.5. The number of hydrogen-bond donors (Lipinski definition) is 1. The van der Waals surface area contributed by atoms with E-state index in [2.05, 4.69) is 18.7 Å². The molecule has 2 rings (SSSR count). The molecule has 6 heteroatoms. The van der Waals surface area contributed by atoms with Crippen molar-refractivity contribution >= 4 is 17.7 Å². The Bertz CT molecular complexity index is 421. The number of hydrogen-bond acceptors (Lipinski definition) is 5. The van der Waals surface area contributed by atoms with Gasteiger partial charge in [-0.1, -0.05) is 33.1 Å². The summed E-state index contributed by atoms with van der Waals surface area (Å²) < 4.78 is 12.0. The topological polar surface area (TPSA) is 59.0 Å². The van der Waals surface area contributed by atoms with Gasteiger partial charge in [-0.3, -0.25) is 10.0 Å². The number of rotatable bonds is 13. The highest BCUT2D eigenvalue weighted by Crippen LogP contribution is 2.46. The van der Waals surface area contributed by atoms with Crippen LogP contribution in [0.25, 0.3) is 0 Å². The van der Waals surface area contributed by atoms with Crippen LogP contribution < -0.4 is 0 Å². The summed E-state index contributed by atoms with van der Waals surface area (Å²) in [6.45, 7) is 4.72. The number of amides is 1. The number of likely N-dealkylation sites (N-methyl/N-ethyl adjacent to an activating group) is 1. The monoisotopic (exact) mass is 387 g/mol. The molecule has 152 valence electrons. The standard InChI is InChI=1S/C20H37NO4S/c1-4-6-7-8-13-26-14-16-15(18-9-10-19(16)25-18)11-12-24-17(5-2)20(22)21(3)23/h15-19,23H,4-14H2,1-3H3. The molecule has 5 unspecified atom stereocenters. The number of thioether (sulfide) groups is 1. The van der Waals surface area contributed by atoms with E-state index in [4.69, 9.17) is 9.47 Å². The Balaban J connectivity index is 1.73. The average molecular weight is 388 g/mol. The van der Waals surface area contributed by atoms with Crippen LogP contribution in [0.5, 0.6) is 0 Å². The van der Waals surface area contributed by atoms with Crippen LogP contribution in [0.4, 0.5) is 0 Å². The predicted octanol–water partition coefficient (Wildman–Crippen LogP) is 4.13. The van der Waals surface area contributed by atoms with E-state index in [0.29, 0.717) is 42.1 Å². The maximum atomic E-state index is 11.9. The van der Waals surface area contributed by atoms with Crippen LogP contribution >= 0.6 is 11.8 Å². The first kappa shape index (κ1) is 22.0. The Morgan fingerprint density at radius 3 is 2.62 bits per heavy atom. The lowest BCUT2D eigenvalue weighted by Crippen LogP contribution is -2.36. The average Bonchev–Trinajstić information content (AvgIpc) is 3.23. The summed E-state index contributed by atoms with van der Waals surface area (Å²) in [5.41, 5.74) is 0. The highest BCUT2D eigenvalue weighted by molar-refractivity contribution is 7.99. The maximum Gasteiger partial charge on any atom is 0.274 e. The quantitative estimate of drug-likeness (QED) is 0.293. The van der Waals surface area contributed by atoms with Crippen LogP contribution in [-0.4, -0.2) is 59.6 Å². The molecule has 0 aliphatic carbocycles. The lowest BCUT2D eigenvalue weighted by atomic mass is 9.79. The molecule has 2 bridgehead atoms. The summed E-state index contributed by atoms with van der Waals surface area (Å²) in [5.74, 6) is 3.26. The molecule has 1 N–H and O–H groups in total. The van der Waals surface area contributed by atoms with Crippen molar-refractivity contribution in [2.75, 3.05) is 25.2 Å². The van der Waals surface area contributed by atoms with Crippen molar-refractivity contribution in [3.63, 3.8) is 0 Å². The smallest absolute Gasteiger partial charge is 0.274 e. The summed E-state index contributed by atoms with van der Waals surface area (Å²) in [6, 6.07) is 0. The van der Waals surface area contributed by atoms with Gasteiger partial charge < -0.3 is 9.47 Å². The van der Waals surface area contributed by atoms with E-state index in [1.807, 2.05) is 6.92 Å². The van der Waals surface area contributed by atoms with E-state index in [1.54, 1.807) is 0 Å². The molecular formula is C20H37NO4S. The second-order valence-corrected chi connectivity index (χ2v) is 8.82. The van der Waals surface area contributed by atoms with Gasteiger partial charge >= 0.3 is 0 Å². The molecule has 26 heavy (non-hydrogen) atoms. The number of ether oxygens (including phenoxy) is 2. The van der Waals surface area contributed by atoms with Crippen LogP contribution in [0.3, 0.4) is 0 Å². The number of fused-ring (bicyclic) bond motifs is 2. The van der Waals surface area contributed by atoms with Crippen molar-refractivity contribution in [2.45, 2.75) is 83.5 Å². The van der Waals surface area contributed by atoms with Gasteiger partial charge in [-0.05, 0) is 55.4 Å². The zero-order chi connectivity index (χ0) is 18.9.